The Labute approximate surface area is 83.6 Å². The maximum atomic E-state index is 13.2. The molecule has 1 atom stereocenters. The summed E-state index contributed by atoms with van der Waals surface area (Å²) in [6.07, 6.45) is 0. The Morgan fingerprint density at radius 2 is 2.07 bits per heavy atom. The fourth-order valence-electron chi connectivity index (χ4n) is 1.05. The van der Waals surface area contributed by atoms with E-state index < -0.39 is 22.0 Å². The van der Waals surface area contributed by atoms with Crippen LogP contribution in [0, 0.1) is 10.6 Å². The number of hydrogen-bond acceptors (Lipinski definition) is 3. The molecule has 1 rings (SSSR count). The van der Waals surface area contributed by atoms with Crippen LogP contribution < -0.4 is 0 Å². The van der Waals surface area contributed by atoms with E-state index in [1.807, 2.05) is 0 Å². The van der Waals surface area contributed by atoms with E-state index in [0.717, 1.165) is 6.07 Å². The standard InChI is InChI=1S/C9H12FNO2S/c1-9(2,12)6-3-4-8(14(11)13)7(10)5-6/h3-5,11-12,14H,1-2H3. The van der Waals surface area contributed by atoms with Gasteiger partial charge < -0.3 is 5.11 Å². The third kappa shape index (κ3) is 2.30. The number of nitrogens with one attached hydrogen (secondary N) is 1. The molecule has 0 aromatic heterocycles. The predicted octanol–water partition coefficient (Wildman–Crippen LogP) is 1.66. The van der Waals surface area contributed by atoms with Gasteiger partial charge in [-0.3, -0.25) is 4.78 Å². The Bertz CT molecular complexity index is 413. The van der Waals surface area contributed by atoms with E-state index in [-0.39, 0.29) is 4.90 Å². The van der Waals surface area contributed by atoms with Crippen LogP contribution in [0.1, 0.15) is 19.4 Å². The number of hydrogen-bond donors (Lipinski definition) is 3. The minimum atomic E-state index is -2.42. The third-order valence-electron chi connectivity index (χ3n) is 1.87. The van der Waals surface area contributed by atoms with E-state index in [4.69, 9.17) is 4.78 Å². The number of thiol groups is 1. The lowest BCUT2D eigenvalue weighted by Crippen LogP contribution is -2.15. The molecule has 3 nitrogen and oxygen atoms in total. The van der Waals surface area contributed by atoms with Crippen molar-refractivity contribution >= 4 is 10.6 Å². The zero-order valence-electron chi connectivity index (χ0n) is 7.91. The Hall–Kier alpha value is -0.940. The summed E-state index contributed by atoms with van der Waals surface area (Å²) in [7, 11) is -2.42. The Balaban J connectivity index is 3.27. The highest BCUT2D eigenvalue weighted by atomic mass is 32.2. The van der Waals surface area contributed by atoms with Crippen LogP contribution in [0.25, 0.3) is 0 Å². The van der Waals surface area contributed by atoms with E-state index in [2.05, 4.69) is 0 Å². The quantitative estimate of drug-likeness (QED) is 0.660. The molecular weight excluding hydrogens is 205 g/mol. The van der Waals surface area contributed by atoms with Gasteiger partial charge in [0.25, 0.3) is 0 Å². The molecule has 0 heterocycles. The van der Waals surface area contributed by atoms with Gasteiger partial charge in [-0.15, -0.1) is 0 Å². The SMILES string of the molecule is CC(C)(O)c1ccc([SH](=N)=O)c(F)c1. The summed E-state index contributed by atoms with van der Waals surface area (Å²) in [5.74, 6) is -0.708. The fraction of sp³-hybridized carbons (Fsp3) is 0.333. The largest absolute Gasteiger partial charge is 0.386 e. The Kier molecular flexibility index (Phi) is 2.92. The molecule has 0 aliphatic rings. The van der Waals surface area contributed by atoms with Gasteiger partial charge in [0.15, 0.2) is 0 Å². The van der Waals surface area contributed by atoms with Crippen molar-refractivity contribution in [1.29, 1.82) is 4.78 Å². The van der Waals surface area contributed by atoms with E-state index in [1.165, 1.54) is 26.0 Å². The smallest absolute Gasteiger partial charge is 0.140 e. The van der Waals surface area contributed by atoms with Crippen LogP contribution >= 0.6 is 0 Å². The monoisotopic (exact) mass is 217 g/mol. The van der Waals surface area contributed by atoms with Crippen molar-refractivity contribution in [2.24, 2.45) is 0 Å². The summed E-state index contributed by atoms with van der Waals surface area (Å²) >= 11 is 0. The van der Waals surface area contributed by atoms with Crippen molar-refractivity contribution in [3.05, 3.63) is 29.6 Å². The molecule has 0 radical (unpaired) electrons. The lowest BCUT2D eigenvalue weighted by Gasteiger charge is -2.17. The lowest BCUT2D eigenvalue weighted by atomic mass is 9.99. The summed E-state index contributed by atoms with van der Waals surface area (Å²) < 4.78 is 30.8. The van der Waals surface area contributed by atoms with Crippen LogP contribution in [0.3, 0.4) is 0 Å². The first-order valence-corrected chi connectivity index (χ1v) is 5.29. The molecule has 2 N–H and O–H groups in total. The van der Waals surface area contributed by atoms with Gasteiger partial charge in [0, 0.05) is 0 Å². The number of rotatable bonds is 2. The van der Waals surface area contributed by atoms with Gasteiger partial charge >= 0.3 is 0 Å². The molecule has 1 unspecified atom stereocenters. The summed E-state index contributed by atoms with van der Waals surface area (Å²) in [4.78, 5) is -0.131. The summed E-state index contributed by atoms with van der Waals surface area (Å²) in [5, 5.41) is 9.56. The van der Waals surface area contributed by atoms with Gasteiger partial charge in [0.2, 0.25) is 0 Å². The van der Waals surface area contributed by atoms with Gasteiger partial charge in [0.05, 0.1) is 21.1 Å². The normalized spacial score (nSPS) is 14.0. The lowest BCUT2D eigenvalue weighted by molar-refractivity contribution is 0.0781. The topological polar surface area (TPSA) is 61.1 Å². The van der Waals surface area contributed by atoms with Crippen LogP contribution in [0.15, 0.2) is 23.1 Å². The first kappa shape index (κ1) is 11.1. The molecule has 0 aliphatic carbocycles. The fourth-order valence-corrected chi connectivity index (χ4v) is 1.52. The molecule has 0 saturated heterocycles. The van der Waals surface area contributed by atoms with Gasteiger partial charge in [-0.05, 0) is 31.5 Å². The molecule has 5 heteroatoms. The van der Waals surface area contributed by atoms with Crippen LogP contribution in [-0.4, -0.2) is 9.32 Å². The minimum absolute atomic E-state index is 0.131. The van der Waals surface area contributed by atoms with Crippen molar-refractivity contribution in [3.63, 3.8) is 0 Å². The average molecular weight is 217 g/mol. The Morgan fingerprint density at radius 3 is 2.43 bits per heavy atom. The van der Waals surface area contributed by atoms with E-state index in [1.54, 1.807) is 0 Å². The van der Waals surface area contributed by atoms with Crippen molar-refractivity contribution in [2.45, 2.75) is 24.3 Å². The third-order valence-corrected chi connectivity index (χ3v) is 2.67. The van der Waals surface area contributed by atoms with Gasteiger partial charge in [-0.25, -0.2) is 8.60 Å². The molecule has 1 aromatic rings. The molecular formula is C9H12FNO2S. The predicted molar refractivity (Wildman–Crippen MR) is 52.2 cm³/mol. The van der Waals surface area contributed by atoms with Crippen LogP contribution in [0.5, 0.6) is 0 Å². The highest BCUT2D eigenvalue weighted by molar-refractivity contribution is 7.73. The molecule has 0 bridgehead atoms. The van der Waals surface area contributed by atoms with Crippen LogP contribution in [-0.2, 0) is 16.2 Å². The maximum absolute atomic E-state index is 13.2. The second-order valence-corrected chi connectivity index (χ2v) is 4.59. The number of halogens is 1. The van der Waals surface area contributed by atoms with E-state index in [0.29, 0.717) is 5.56 Å². The number of aliphatic hydroxyl groups is 1. The van der Waals surface area contributed by atoms with Crippen molar-refractivity contribution in [1.82, 2.24) is 0 Å². The van der Waals surface area contributed by atoms with E-state index in [9.17, 15) is 13.7 Å². The molecule has 0 saturated carbocycles. The van der Waals surface area contributed by atoms with Gasteiger partial charge in [-0.1, -0.05) is 6.07 Å². The zero-order valence-corrected chi connectivity index (χ0v) is 8.81. The summed E-state index contributed by atoms with van der Waals surface area (Å²) in [5.41, 5.74) is -0.733. The molecule has 0 spiro atoms. The first-order chi connectivity index (χ1) is 6.32. The van der Waals surface area contributed by atoms with Crippen molar-refractivity contribution in [2.75, 3.05) is 0 Å². The van der Waals surface area contributed by atoms with Gasteiger partial charge in [-0.2, -0.15) is 0 Å². The maximum Gasteiger partial charge on any atom is 0.140 e. The average Bonchev–Trinajstić information content (AvgIpc) is 2.01. The zero-order chi connectivity index (χ0) is 10.9. The highest BCUT2D eigenvalue weighted by Crippen LogP contribution is 2.22. The molecule has 0 fully saturated rings. The summed E-state index contributed by atoms with van der Waals surface area (Å²) in [6.45, 7) is 3.06. The molecule has 1 aromatic carbocycles. The second-order valence-electron chi connectivity index (χ2n) is 3.52. The number of benzene rings is 1. The summed E-state index contributed by atoms with van der Waals surface area (Å²) in [6, 6.07) is 3.85. The van der Waals surface area contributed by atoms with Gasteiger partial charge in [0.1, 0.15) is 5.82 Å². The first-order valence-electron chi connectivity index (χ1n) is 4.03. The minimum Gasteiger partial charge on any atom is -0.386 e. The van der Waals surface area contributed by atoms with E-state index >= 15 is 0 Å². The second kappa shape index (κ2) is 3.67. The molecule has 78 valence electrons. The molecule has 14 heavy (non-hydrogen) atoms. The van der Waals surface area contributed by atoms with Crippen molar-refractivity contribution < 1.29 is 13.7 Å². The highest BCUT2D eigenvalue weighted by Gasteiger charge is 2.17. The Morgan fingerprint density at radius 1 is 1.50 bits per heavy atom. The van der Waals surface area contributed by atoms with Crippen LogP contribution in [0.4, 0.5) is 4.39 Å². The van der Waals surface area contributed by atoms with Crippen LogP contribution in [0.2, 0.25) is 0 Å². The molecule has 0 amide bonds. The molecule has 0 aliphatic heterocycles. The van der Waals surface area contributed by atoms with Crippen molar-refractivity contribution in [3.8, 4) is 0 Å².